The fraction of sp³-hybridized carbons (Fsp3) is 0.250. The van der Waals surface area contributed by atoms with Gasteiger partial charge in [0.2, 0.25) is 0 Å². The van der Waals surface area contributed by atoms with Crippen molar-refractivity contribution < 1.29 is 14.7 Å². The van der Waals surface area contributed by atoms with Crippen LogP contribution in [0, 0.1) is 6.92 Å². The number of hydrogen-bond donors (Lipinski definition) is 4. The van der Waals surface area contributed by atoms with Crippen LogP contribution >= 0.6 is 0 Å². The Kier molecular flexibility index (Phi) is 4.12. The van der Waals surface area contributed by atoms with Crippen molar-refractivity contribution in [3.8, 4) is 0 Å². The number of aromatic nitrogens is 4. The van der Waals surface area contributed by atoms with Gasteiger partial charge in [-0.15, -0.1) is 10.2 Å². The van der Waals surface area contributed by atoms with E-state index in [9.17, 15) is 9.59 Å². The number of anilines is 1. The SMILES string of the molecule is Cc1cccc(C(=O)O)c1NC(=O)NC(C)c1nn[nH]n1. The van der Waals surface area contributed by atoms with E-state index >= 15 is 0 Å². The summed E-state index contributed by atoms with van der Waals surface area (Å²) < 4.78 is 0. The maximum absolute atomic E-state index is 11.9. The number of rotatable bonds is 4. The average Bonchev–Trinajstić information content (AvgIpc) is 2.94. The zero-order valence-electron chi connectivity index (χ0n) is 11.4. The third kappa shape index (κ3) is 3.32. The molecule has 1 atom stereocenters. The molecule has 4 N–H and O–H groups in total. The molecule has 21 heavy (non-hydrogen) atoms. The van der Waals surface area contributed by atoms with E-state index in [4.69, 9.17) is 5.11 Å². The van der Waals surface area contributed by atoms with Gasteiger partial charge in [0.25, 0.3) is 0 Å². The summed E-state index contributed by atoms with van der Waals surface area (Å²) >= 11 is 0. The predicted octanol–water partition coefficient (Wildman–Crippen LogP) is 1.09. The number of carbonyl (C=O) groups is 2. The van der Waals surface area contributed by atoms with E-state index < -0.39 is 18.0 Å². The van der Waals surface area contributed by atoms with E-state index in [1.54, 1.807) is 26.0 Å². The normalized spacial score (nSPS) is 11.7. The van der Waals surface area contributed by atoms with Crippen LogP contribution in [0.1, 0.15) is 34.7 Å². The average molecular weight is 290 g/mol. The first kappa shape index (κ1) is 14.4. The molecule has 0 fully saturated rings. The van der Waals surface area contributed by atoms with Gasteiger partial charge >= 0.3 is 12.0 Å². The van der Waals surface area contributed by atoms with Crippen molar-refractivity contribution in [2.75, 3.05) is 5.32 Å². The second-order valence-corrected chi connectivity index (χ2v) is 4.39. The van der Waals surface area contributed by atoms with Gasteiger partial charge < -0.3 is 15.7 Å². The van der Waals surface area contributed by atoms with Crippen LogP contribution in [0.4, 0.5) is 10.5 Å². The summed E-state index contributed by atoms with van der Waals surface area (Å²) in [5, 5.41) is 27.5. The van der Waals surface area contributed by atoms with Gasteiger partial charge in [-0.2, -0.15) is 5.21 Å². The summed E-state index contributed by atoms with van der Waals surface area (Å²) in [6, 6.07) is 3.73. The minimum atomic E-state index is -1.11. The van der Waals surface area contributed by atoms with E-state index in [-0.39, 0.29) is 11.3 Å². The van der Waals surface area contributed by atoms with Crippen LogP contribution in [-0.2, 0) is 0 Å². The largest absolute Gasteiger partial charge is 0.478 e. The van der Waals surface area contributed by atoms with E-state index in [0.717, 1.165) is 0 Å². The lowest BCUT2D eigenvalue weighted by Gasteiger charge is -2.14. The Morgan fingerprint density at radius 1 is 1.38 bits per heavy atom. The van der Waals surface area contributed by atoms with Crippen molar-refractivity contribution in [3.05, 3.63) is 35.2 Å². The highest BCUT2D eigenvalue weighted by atomic mass is 16.4. The molecule has 9 nitrogen and oxygen atoms in total. The van der Waals surface area contributed by atoms with E-state index in [1.165, 1.54) is 6.07 Å². The first-order valence-electron chi connectivity index (χ1n) is 6.12. The van der Waals surface area contributed by atoms with Crippen LogP contribution in [0.15, 0.2) is 18.2 Å². The number of aryl methyl sites for hydroxylation is 1. The Morgan fingerprint density at radius 2 is 2.14 bits per heavy atom. The van der Waals surface area contributed by atoms with Crippen molar-refractivity contribution in [1.82, 2.24) is 25.9 Å². The molecule has 0 bridgehead atoms. The molecule has 2 amide bonds. The number of aromatic amines is 1. The molecule has 110 valence electrons. The molecule has 0 saturated heterocycles. The molecule has 0 spiro atoms. The third-order valence-corrected chi connectivity index (χ3v) is 2.84. The molecule has 1 unspecified atom stereocenters. The third-order valence-electron chi connectivity index (χ3n) is 2.84. The molecule has 1 aromatic carbocycles. The predicted molar refractivity (Wildman–Crippen MR) is 72.9 cm³/mol. The Balaban J connectivity index is 2.11. The molecule has 2 rings (SSSR count). The lowest BCUT2D eigenvalue weighted by Crippen LogP contribution is -2.32. The molecule has 0 aliphatic heterocycles. The van der Waals surface area contributed by atoms with Gasteiger partial charge in [0.15, 0.2) is 5.82 Å². The molecule has 1 heterocycles. The number of urea groups is 1. The molecule has 0 aliphatic rings. The molecule has 0 saturated carbocycles. The highest BCUT2D eigenvalue weighted by Crippen LogP contribution is 2.20. The molecule has 1 aromatic heterocycles. The number of hydrogen-bond acceptors (Lipinski definition) is 5. The summed E-state index contributed by atoms with van der Waals surface area (Å²) in [6.07, 6.45) is 0. The Labute approximate surface area is 119 Å². The standard InChI is InChI=1S/C12H14N6O3/c1-6-4-3-5-8(11(19)20)9(6)14-12(21)13-7(2)10-15-17-18-16-10/h3-5,7H,1-2H3,(H,19,20)(H2,13,14,21)(H,15,16,17,18). The van der Waals surface area contributed by atoms with Crippen LogP contribution in [0.5, 0.6) is 0 Å². The summed E-state index contributed by atoms with van der Waals surface area (Å²) in [7, 11) is 0. The number of carbonyl (C=O) groups excluding carboxylic acids is 1. The van der Waals surface area contributed by atoms with Crippen molar-refractivity contribution >= 4 is 17.7 Å². The highest BCUT2D eigenvalue weighted by Gasteiger charge is 2.17. The topological polar surface area (TPSA) is 133 Å². The summed E-state index contributed by atoms with van der Waals surface area (Å²) in [4.78, 5) is 23.1. The smallest absolute Gasteiger partial charge is 0.337 e. The number of tetrazole rings is 1. The maximum Gasteiger partial charge on any atom is 0.337 e. The summed E-state index contributed by atoms with van der Waals surface area (Å²) in [5.74, 6) is -0.784. The quantitative estimate of drug-likeness (QED) is 0.666. The van der Waals surface area contributed by atoms with Gasteiger partial charge in [-0.25, -0.2) is 9.59 Å². The number of nitrogens with zero attached hydrogens (tertiary/aromatic N) is 3. The molecular weight excluding hydrogens is 276 g/mol. The minimum Gasteiger partial charge on any atom is -0.478 e. The van der Waals surface area contributed by atoms with Crippen LogP contribution in [0.3, 0.4) is 0 Å². The zero-order valence-corrected chi connectivity index (χ0v) is 11.4. The zero-order chi connectivity index (χ0) is 15.4. The number of benzene rings is 1. The van der Waals surface area contributed by atoms with Crippen LogP contribution in [-0.4, -0.2) is 37.7 Å². The van der Waals surface area contributed by atoms with Crippen molar-refractivity contribution in [3.63, 3.8) is 0 Å². The fourth-order valence-electron chi connectivity index (χ4n) is 1.78. The van der Waals surface area contributed by atoms with E-state index in [1.807, 2.05) is 0 Å². The molecule has 0 aliphatic carbocycles. The van der Waals surface area contributed by atoms with Gasteiger partial charge in [0, 0.05) is 0 Å². The number of aromatic carboxylic acids is 1. The Bertz CT molecular complexity index is 655. The van der Waals surface area contributed by atoms with E-state index in [0.29, 0.717) is 11.4 Å². The number of carboxylic acid groups (broad SMARTS) is 1. The van der Waals surface area contributed by atoms with Crippen molar-refractivity contribution in [1.29, 1.82) is 0 Å². The van der Waals surface area contributed by atoms with Gasteiger partial charge in [0.05, 0.1) is 17.3 Å². The van der Waals surface area contributed by atoms with Gasteiger partial charge in [-0.05, 0) is 25.5 Å². The number of amides is 2. The number of nitrogens with one attached hydrogen (secondary N) is 3. The Morgan fingerprint density at radius 3 is 2.76 bits per heavy atom. The summed E-state index contributed by atoms with van der Waals surface area (Å²) in [5.41, 5.74) is 0.928. The van der Waals surface area contributed by atoms with Gasteiger partial charge in [-0.3, -0.25) is 0 Å². The van der Waals surface area contributed by atoms with Crippen LogP contribution in [0.2, 0.25) is 0 Å². The lowest BCUT2D eigenvalue weighted by molar-refractivity contribution is 0.0698. The monoisotopic (exact) mass is 290 g/mol. The van der Waals surface area contributed by atoms with Crippen molar-refractivity contribution in [2.45, 2.75) is 19.9 Å². The second kappa shape index (κ2) is 5.99. The van der Waals surface area contributed by atoms with E-state index in [2.05, 4.69) is 31.3 Å². The number of carboxylic acids is 1. The summed E-state index contributed by atoms with van der Waals surface area (Å²) in [6.45, 7) is 3.39. The Hall–Kier alpha value is -2.97. The molecule has 9 heteroatoms. The number of H-pyrrole nitrogens is 1. The highest BCUT2D eigenvalue weighted by molar-refractivity contribution is 6.01. The first-order valence-corrected chi connectivity index (χ1v) is 6.12. The van der Waals surface area contributed by atoms with Crippen molar-refractivity contribution in [2.24, 2.45) is 0 Å². The second-order valence-electron chi connectivity index (χ2n) is 4.39. The van der Waals surface area contributed by atoms with Crippen LogP contribution in [0.25, 0.3) is 0 Å². The molecule has 2 aromatic rings. The number of para-hydroxylation sites is 1. The fourth-order valence-corrected chi connectivity index (χ4v) is 1.78. The molecule has 0 radical (unpaired) electrons. The van der Waals surface area contributed by atoms with Gasteiger partial charge in [0.1, 0.15) is 0 Å². The lowest BCUT2D eigenvalue weighted by atomic mass is 10.1. The van der Waals surface area contributed by atoms with Crippen LogP contribution < -0.4 is 10.6 Å². The molecular formula is C12H14N6O3. The first-order chi connectivity index (χ1) is 9.99. The maximum atomic E-state index is 11.9. The minimum absolute atomic E-state index is 0.0253. The van der Waals surface area contributed by atoms with Gasteiger partial charge in [-0.1, -0.05) is 17.3 Å².